The topological polar surface area (TPSA) is 51.6 Å². The van der Waals surface area contributed by atoms with E-state index < -0.39 is 5.41 Å². The fraction of sp³-hybridized carbons (Fsp3) is 0.0233. The van der Waals surface area contributed by atoms with Gasteiger partial charge in [0.1, 0.15) is 33.7 Å². The molecule has 0 aliphatic heterocycles. The van der Waals surface area contributed by atoms with Crippen molar-refractivity contribution in [3.05, 3.63) is 191 Å². The quantitative estimate of drug-likeness (QED) is 0.189. The van der Waals surface area contributed by atoms with Crippen LogP contribution in [0, 0.1) is 0 Å². The lowest BCUT2D eigenvalue weighted by Crippen LogP contribution is -2.31. The normalized spacial score (nSPS) is 14.9. The van der Waals surface area contributed by atoms with E-state index in [2.05, 4.69) is 84.9 Å². The second kappa shape index (κ2) is 11.4. The molecule has 8 aromatic rings. The van der Waals surface area contributed by atoms with Crippen LogP contribution >= 0.6 is 11.6 Å². The van der Waals surface area contributed by atoms with Crippen LogP contribution in [0.5, 0.6) is 0 Å². The van der Waals surface area contributed by atoms with E-state index in [1.54, 1.807) is 0 Å². The Morgan fingerprint density at radius 3 is 1.60 bits per heavy atom. The average Bonchev–Trinajstić information content (AvgIpc) is 3.45. The first-order chi connectivity index (χ1) is 23.7. The first kappa shape index (κ1) is 28.3. The number of hydrogen-bond acceptors (Lipinski definition) is 4. The van der Waals surface area contributed by atoms with Crippen LogP contribution in [0.15, 0.2) is 164 Å². The number of halogens is 1. The second-order valence-electron chi connectivity index (χ2n) is 11.9. The summed E-state index contributed by atoms with van der Waals surface area (Å²) in [7, 11) is 0. The molecule has 5 heteroatoms. The van der Waals surface area contributed by atoms with Crippen LogP contribution in [0.3, 0.4) is 0 Å². The third kappa shape index (κ3) is 4.38. The van der Waals surface area contributed by atoms with Crippen molar-refractivity contribution in [1.82, 2.24) is 19.9 Å². The Morgan fingerprint density at radius 2 is 0.938 bits per heavy atom. The molecule has 2 heterocycles. The van der Waals surface area contributed by atoms with Gasteiger partial charge in [-0.2, -0.15) is 0 Å². The summed E-state index contributed by atoms with van der Waals surface area (Å²) in [5, 5.41) is 0.659. The first-order valence-corrected chi connectivity index (χ1v) is 16.3. The highest BCUT2D eigenvalue weighted by molar-refractivity contribution is 6.30. The van der Waals surface area contributed by atoms with Gasteiger partial charge in [0.15, 0.2) is 5.82 Å². The lowest BCUT2D eigenvalue weighted by molar-refractivity contribution is 0.703. The molecule has 1 atom stereocenters. The predicted octanol–water partition coefficient (Wildman–Crippen LogP) is 10.4. The highest BCUT2D eigenvalue weighted by atomic mass is 35.5. The van der Waals surface area contributed by atoms with Gasteiger partial charge in [0.25, 0.3) is 0 Å². The van der Waals surface area contributed by atoms with Crippen LogP contribution in [-0.2, 0) is 5.41 Å². The number of fused-ring (bicyclic) bond motifs is 4. The Kier molecular flexibility index (Phi) is 6.70. The highest BCUT2D eigenvalue weighted by Crippen LogP contribution is 2.56. The van der Waals surface area contributed by atoms with Crippen LogP contribution in [0.1, 0.15) is 22.5 Å². The molecule has 0 spiro atoms. The van der Waals surface area contributed by atoms with Crippen LogP contribution in [0.25, 0.3) is 56.1 Å². The summed E-state index contributed by atoms with van der Waals surface area (Å²) in [6.45, 7) is 0. The van der Waals surface area contributed by atoms with E-state index in [-0.39, 0.29) is 0 Å². The van der Waals surface area contributed by atoms with Gasteiger partial charge in [-0.15, -0.1) is 0 Å². The number of aromatic nitrogens is 4. The Labute approximate surface area is 283 Å². The molecule has 1 aliphatic carbocycles. The molecule has 0 amide bonds. The summed E-state index contributed by atoms with van der Waals surface area (Å²) < 4.78 is 0. The molecule has 6 aromatic carbocycles. The molecular weight excluding hydrogens is 608 g/mol. The summed E-state index contributed by atoms with van der Waals surface area (Å²) in [6, 6.07) is 55.8. The maximum absolute atomic E-state index is 6.81. The van der Waals surface area contributed by atoms with E-state index >= 15 is 0 Å². The minimum Gasteiger partial charge on any atom is -0.229 e. The van der Waals surface area contributed by atoms with Gasteiger partial charge >= 0.3 is 0 Å². The summed E-state index contributed by atoms with van der Waals surface area (Å²) in [5.74, 6) is 1.26. The van der Waals surface area contributed by atoms with Crippen molar-refractivity contribution < 1.29 is 0 Å². The lowest BCUT2D eigenvalue weighted by atomic mass is 9.71. The van der Waals surface area contributed by atoms with Crippen LogP contribution in [-0.4, -0.2) is 19.9 Å². The monoisotopic (exact) mass is 634 g/mol. The van der Waals surface area contributed by atoms with Gasteiger partial charge in [-0.3, -0.25) is 0 Å². The smallest absolute Gasteiger partial charge is 0.160 e. The maximum atomic E-state index is 6.81. The molecule has 48 heavy (non-hydrogen) atoms. The first-order valence-electron chi connectivity index (χ1n) is 15.9. The van der Waals surface area contributed by atoms with Gasteiger partial charge < -0.3 is 0 Å². The van der Waals surface area contributed by atoms with Crippen molar-refractivity contribution in [1.29, 1.82) is 0 Å². The number of rotatable bonds is 5. The van der Waals surface area contributed by atoms with Crippen molar-refractivity contribution in [2.24, 2.45) is 0 Å². The number of nitrogens with zero attached hydrogens (tertiary/aromatic N) is 4. The molecular formula is C43H27ClN4. The van der Waals surface area contributed by atoms with Crippen molar-refractivity contribution in [3.63, 3.8) is 0 Å². The van der Waals surface area contributed by atoms with Crippen molar-refractivity contribution in [2.75, 3.05) is 0 Å². The largest absolute Gasteiger partial charge is 0.229 e. The Bertz CT molecular complexity index is 2450. The van der Waals surface area contributed by atoms with E-state index in [1.165, 1.54) is 0 Å². The SMILES string of the molecule is Clc1ccc2c(c1)C(c1ccccc1)(c1nc(-c3ccccc3)c3nc(-c4ccccc4)nc(-c4ccccc4)c3n1)c1ccccc1-2. The van der Waals surface area contributed by atoms with E-state index in [4.69, 9.17) is 31.5 Å². The minimum atomic E-state index is -0.859. The molecule has 0 bridgehead atoms. The van der Waals surface area contributed by atoms with Crippen molar-refractivity contribution in [3.8, 4) is 45.0 Å². The van der Waals surface area contributed by atoms with Gasteiger partial charge in [-0.1, -0.05) is 163 Å². The van der Waals surface area contributed by atoms with Crippen LogP contribution < -0.4 is 0 Å². The second-order valence-corrected chi connectivity index (χ2v) is 12.4. The molecule has 9 rings (SSSR count). The van der Waals surface area contributed by atoms with Gasteiger partial charge in [0, 0.05) is 21.7 Å². The van der Waals surface area contributed by atoms with E-state index in [0.29, 0.717) is 27.7 Å². The van der Waals surface area contributed by atoms with Crippen molar-refractivity contribution >= 4 is 22.6 Å². The average molecular weight is 635 g/mol. The van der Waals surface area contributed by atoms with Gasteiger partial charge in [-0.25, -0.2) is 19.9 Å². The lowest BCUT2D eigenvalue weighted by Gasteiger charge is -2.32. The molecule has 0 fully saturated rings. The summed E-state index contributed by atoms with van der Waals surface area (Å²) in [6.07, 6.45) is 0. The van der Waals surface area contributed by atoms with Crippen LogP contribution in [0.2, 0.25) is 5.02 Å². The summed E-state index contributed by atoms with van der Waals surface area (Å²) in [5.41, 5.74) is 10.3. The van der Waals surface area contributed by atoms with E-state index in [1.807, 2.05) is 78.9 Å². The molecule has 0 saturated heterocycles. The van der Waals surface area contributed by atoms with Gasteiger partial charge in [0.2, 0.25) is 0 Å². The fourth-order valence-electron chi connectivity index (χ4n) is 7.12. The Balaban J connectivity index is 1.47. The third-order valence-corrected chi connectivity index (χ3v) is 9.45. The molecule has 1 aliphatic rings. The zero-order chi connectivity index (χ0) is 32.1. The Morgan fingerprint density at radius 1 is 0.417 bits per heavy atom. The van der Waals surface area contributed by atoms with Gasteiger partial charge in [-0.05, 0) is 39.9 Å². The maximum Gasteiger partial charge on any atom is 0.160 e. The zero-order valence-electron chi connectivity index (χ0n) is 25.8. The predicted molar refractivity (Wildman–Crippen MR) is 194 cm³/mol. The third-order valence-electron chi connectivity index (χ3n) is 9.22. The van der Waals surface area contributed by atoms with E-state index in [9.17, 15) is 0 Å². The van der Waals surface area contributed by atoms with Gasteiger partial charge in [0.05, 0.1) is 0 Å². The summed E-state index contributed by atoms with van der Waals surface area (Å²) in [4.78, 5) is 21.5. The zero-order valence-corrected chi connectivity index (χ0v) is 26.5. The molecule has 2 aromatic heterocycles. The van der Waals surface area contributed by atoms with Crippen molar-refractivity contribution in [2.45, 2.75) is 5.41 Å². The van der Waals surface area contributed by atoms with E-state index in [0.717, 1.165) is 55.9 Å². The number of benzene rings is 6. The molecule has 0 radical (unpaired) electrons. The standard InChI is InChI=1S/C43H27ClN4/c44-32-25-26-34-33-23-13-14-24-35(33)43(36(34)27-32,31-21-11-4-12-22-31)42-47-38(29-17-7-2-8-18-29)39-40(48-42)37(28-15-5-1-6-16-28)45-41(46-39)30-19-9-3-10-20-30/h1-27H. The molecule has 0 saturated carbocycles. The fourth-order valence-corrected chi connectivity index (χ4v) is 7.29. The number of hydrogen-bond donors (Lipinski definition) is 0. The highest BCUT2D eigenvalue weighted by Gasteiger charge is 2.49. The Hall–Kier alpha value is -5.97. The minimum absolute atomic E-state index is 0.622. The summed E-state index contributed by atoms with van der Waals surface area (Å²) >= 11 is 6.81. The molecule has 4 nitrogen and oxygen atoms in total. The molecule has 1 unspecified atom stereocenters. The molecule has 0 N–H and O–H groups in total. The molecule has 226 valence electrons. The van der Waals surface area contributed by atoms with Crippen LogP contribution in [0.4, 0.5) is 0 Å².